The van der Waals surface area contributed by atoms with Gasteiger partial charge in [0.25, 0.3) is 0 Å². The largest absolute Gasteiger partial charge is 0.489 e. The highest BCUT2D eigenvalue weighted by atomic mass is 16.5. The average molecular weight is 248 g/mol. The number of anilines is 1. The lowest BCUT2D eigenvalue weighted by atomic mass is 10.0. The molecule has 0 unspecified atom stereocenters. The van der Waals surface area contributed by atoms with Gasteiger partial charge >= 0.3 is 0 Å². The van der Waals surface area contributed by atoms with Gasteiger partial charge in [-0.2, -0.15) is 0 Å². The maximum Gasteiger partial charge on any atom is 0.142 e. The van der Waals surface area contributed by atoms with Gasteiger partial charge in [-0.1, -0.05) is 12.1 Å². The molecule has 0 saturated carbocycles. The lowest BCUT2D eigenvalue weighted by Gasteiger charge is -2.25. The summed E-state index contributed by atoms with van der Waals surface area (Å²) >= 11 is 0. The molecule has 0 aromatic heterocycles. The zero-order valence-corrected chi connectivity index (χ0v) is 10.6. The molecular weight excluding hydrogens is 228 g/mol. The van der Waals surface area contributed by atoms with Gasteiger partial charge in [0, 0.05) is 19.6 Å². The molecule has 0 bridgehead atoms. The second-order valence-electron chi connectivity index (χ2n) is 4.83. The SMILES string of the molecule is c1cc2c(c(OC[C@H]3CNCCO3)c1)NCCC2. The van der Waals surface area contributed by atoms with E-state index < -0.39 is 0 Å². The topological polar surface area (TPSA) is 42.5 Å². The molecule has 4 heteroatoms. The van der Waals surface area contributed by atoms with Gasteiger partial charge in [-0.05, 0) is 24.5 Å². The predicted molar refractivity (Wildman–Crippen MR) is 71.4 cm³/mol. The van der Waals surface area contributed by atoms with Crippen molar-refractivity contribution in [2.75, 3.05) is 38.2 Å². The Hall–Kier alpha value is -1.26. The van der Waals surface area contributed by atoms with E-state index in [1.807, 2.05) is 6.07 Å². The van der Waals surface area contributed by atoms with Crippen LogP contribution in [0, 0.1) is 0 Å². The summed E-state index contributed by atoms with van der Waals surface area (Å²) in [6, 6.07) is 6.28. The highest BCUT2D eigenvalue weighted by Gasteiger charge is 2.17. The monoisotopic (exact) mass is 248 g/mol. The Kier molecular flexibility index (Phi) is 3.67. The number of benzene rings is 1. The standard InChI is InChI=1S/C14H20N2O2/c1-3-11-4-2-6-16-14(11)13(5-1)18-10-12-9-15-7-8-17-12/h1,3,5,12,15-16H,2,4,6-10H2/t12-/m1/s1. The number of hydrogen-bond donors (Lipinski definition) is 2. The first-order chi connectivity index (χ1) is 8.93. The van der Waals surface area contributed by atoms with E-state index in [-0.39, 0.29) is 6.10 Å². The zero-order chi connectivity index (χ0) is 12.2. The molecule has 1 aromatic carbocycles. The van der Waals surface area contributed by atoms with Gasteiger partial charge in [-0.3, -0.25) is 0 Å². The number of rotatable bonds is 3. The van der Waals surface area contributed by atoms with Crippen molar-refractivity contribution < 1.29 is 9.47 Å². The average Bonchev–Trinajstić information content (AvgIpc) is 2.46. The molecule has 2 aliphatic heterocycles. The fourth-order valence-corrected chi connectivity index (χ4v) is 2.51. The summed E-state index contributed by atoms with van der Waals surface area (Å²) in [5.74, 6) is 0.960. The number of aryl methyl sites for hydroxylation is 1. The van der Waals surface area contributed by atoms with Gasteiger partial charge in [0.1, 0.15) is 18.5 Å². The van der Waals surface area contributed by atoms with Crippen LogP contribution < -0.4 is 15.4 Å². The van der Waals surface area contributed by atoms with Gasteiger partial charge in [0.05, 0.1) is 12.3 Å². The Balaban J connectivity index is 1.65. The Morgan fingerprint density at radius 3 is 3.22 bits per heavy atom. The Morgan fingerprint density at radius 2 is 2.33 bits per heavy atom. The maximum absolute atomic E-state index is 5.92. The highest BCUT2D eigenvalue weighted by molar-refractivity contribution is 5.63. The molecule has 2 N–H and O–H groups in total. The van der Waals surface area contributed by atoms with Gasteiger partial charge in [-0.15, -0.1) is 0 Å². The molecule has 98 valence electrons. The molecule has 0 aliphatic carbocycles. The lowest BCUT2D eigenvalue weighted by Crippen LogP contribution is -2.41. The molecule has 2 aliphatic rings. The van der Waals surface area contributed by atoms with Crippen molar-refractivity contribution in [2.45, 2.75) is 18.9 Å². The minimum Gasteiger partial charge on any atom is -0.489 e. The van der Waals surface area contributed by atoms with Crippen LogP contribution in [0.15, 0.2) is 18.2 Å². The number of nitrogens with one attached hydrogen (secondary N) is 2. The lowest BCUT2D eigenvalue weighted by molar-refractivity contribution is 0.000321. The Morgan fingerprint density at radius 1 is 1.33 bits per heavy atom. The summed E-state index contributed by atoms with van der Waals surface area (Å²) in [6.45, 7) is 4.25. The van der Waals surface area contributed by atoms with E-state index in [1.165, 1.54) is 17.7 Å². The van der Waals surface area contributed by atoms with Crippen molar-refractivity contribution >= 4 is 5.69 Å². The highest BCUT2D eigenvalue weighted by Crippen LogP contribution is 2.32. The van der Waals surface area contributed by atoms with Crippen molar-refractivity contribution in [1.29, 1.82) is 0 Å². The molecule has 0 radical (unpaired) electrons. The molecule has 4 nitrogen and oxygen atoms in total. The van der Waals surface area contributed by atoms with E-state index in [9.17, 15) is 0 Å². The van der Waals surface area contributed by atoms with Crippen molar-refractivity contribution in [3.8, 4) is 5.75 Å². The van der Waals surface area contributed by atoms with E-state index in [0.717, 1.165) is 38.4 Å². The van der Waals surface area contributed by atoms with Crippen LogP contribution in [-0.2, 0) is 11.2 Å². The molecule has 1 saturated heterocycles. The van der Waals surface area contributed by atoms with E-state index >= 15 is 0 Å². The van der Waals surface area contributed by atoms with Crippen LogP contribution in [0.25, 0.3) is 0 Å². The first-order valence-corrected chi connectivity index (χ1v) is 6.74. The maximum atomic E-state index is 5.92. The fourth-order valence-electron chi connectivity index (χ4n) is 2.51. The quantitative estimate of drug-likeness (QED) is 0.849. The van der Waals surface area contributed by atoms with Crippen molar-refractivity contribution in [1.82, 2.24) is 5.32 Å². The minimum atomic E-state index is 0.165. The van der Waals surface area contributed by atoms with Crippen LogP contribution in [0.3, 0.4) is 0 Å². The molecule has 3 rings (SSSR count). The molecule has 1 fully saturated rings. The van der Waals surface area contributed by atoms with Crippen LogP contribution in [0.5, 0.6) is 5.75 Å². The van der Waals surface area contributed by atoms with Gasteiger partial charge in [0.15, 0.2) is 0 Å². The summed E-state index contributed by atoms with van der Waals surface area (Å²) < 4.78 is 11.6. The molecule has 1 atom stereocenters. The molecule has 0 spiro atoms. The van der Waals surface area contributed by atoms with Crippen molar-refractivity contribution in [3.05, 3.63) is 23.8 Å². The minimum absolute atomic E-state index is 0.165. The van der Waals surface area contributed by atoms with Gasteiger partial charge in [-0.25, -0.2) is 0 Å². The number of morpholine rings is 1. The summed E-state index contributed by atoms with van der Waals surface area (Å²) in [6.07, 6.45) is 2.51. The number of hydrogen-bond acceptors (Lipinski definition) is 4. The van der Waals surface area contributed by atoms with Crippen LogP contribution in [0.1, 0.15) is 12.0 Å². The predicted octanol–water partition coefficient (Wildman–Crippen LogP) is 1.41. The first kappa shape index (κ1) is 11.8. The van der Waals surface area contributed by atoms with Crippen LogP contribution in [-0.4, -0.2) is 39.0 Å². The summed E-state index contributed by atoms with van der Waals surface area (Å²) in [5, 5.41) is 6.75. The molecule has 1 aromatic rings. The molecule has 0 amide bonds. The van der Waals surface area contributed by atoms with Crippen LogP contribution in [0.2, 0.25) is 0 Å². The normalized spacial score (nSPS) is 23.0. The first-order valence-electron chi connectivity index (χ1n) is 6.74. The smallest absolute Gasteiger partial charge is 0.142 e. The van der Waals surface area contributed by atoms with E-state index in [2.05, 4.69) is 22.8 Å². The third-order valence-corrected chi connectivity index (χ3v) is 3.47. The Labute approximate surface area is 108 Å². The molecule has 18 heavy (non-hydrogen) atoms. The van der Waals surface area contributed by atoms with Crippen molar-refractivity contribution in [3.63, 3.8) is 0 Å². The number of para-hydroxylation sites is 1. The zero-order valence-electron chi connectivity index (χ0n) is 10.6. The third-order valence-electron chi connectivity index (χ3n) is 3.47. The number of ether oxygens (including phenoxy) is 2. The summed E-state index contributed by atoms with van der Waals surface area (Å²) in [5.41, 5.74) is 2.54. The number of fused-ring (bicyclic) bond motifs is 1. The fraction of sp³-hybridized carbons (Fsp3) is 0.571. The van der Waals surface area contributed by atoms with Crippen molar-refractivity contribution in [2.24, 2.45) is 0 Å². The molecular formula is C14H20N2O2. The van der Waals surface area contributed by atoms with Crippen LogP contribution in [0.4, 0.5) is 5.69 Å². The summed E-state index contributed by atoms with van der Waals surface area (Å²) in [4.78, 5) is 0. The summed E-state index contributed by atoms with van der Waals surface area (Å²) in [7, 11) is 0. The third kappa shape index (κ3) is 2.60. The van der Waals surface area contributed by atoms with E-state index in [1.54, 1.807) is 0 Å². The molecule has 2 heterocycles. The van der Waals surface area contributed by atoms with E-state index in [0.29, 0.717) is 6.61 Å². The Bertz CT molecular complexity index is 403. The van der Waals surface area contributed by atoms with Crippen LogP contribution >= 0.6 is 0 Å². The van der Waals surface area contributed by atoms with E-state index in [4.69, 9.17) is 9.47 Å². The van der Waals surface area contributed by atoms with Gasteiger partial charge in [0.2, 0.25) is 0 Å². The second kappa shape index (κ2) is 5.59. The second-order valence-corrected chi connectivity index (χ2v) is 4.83. The van der Waals surface area contributed by atoms with Gasteiger partial charge < -0.3 is 20.1 Å².